The van der Waals surface area contributed by atoms with E-state index in [4.69, 9.17) is 10.9 Å². The lowest BCUT2D eigenvalue weighted by atomic mass is 10.2. The molecule has 2 aromatic rings. The number of anilines is 2. The Morgan fingerprint density at radius 3 is 2.63 bits per heavy atom. The fourth-order valence-electron chi connectivity index (χ4n) is 1.64. The van der Waals surface area contributed by atoms with Crippen LogP contribution in [0.2, 0.25) is 0 Å². The van der Waals surface area contributed by atoms with Gasteiger partial charge >= 0.3 is 0 Å². The number of nitrogen functional groups attached to an aromatic ring is 1. The largest absolute Gasteiger partial charge is 0.397 e. The van der Waals surface area contributed by atoms with Crippen molar-refractivity contribution in [2.75, 3.05) is 11.1 Å². The number of sulfonamides is 1. The van der Waals surface area contributed by atoms with Crippen molar-refractivity contribution in [1.82, 2.24) is 9.78 Å². The third-order valence-electron chi connectivity index (χ3n) is 2.73. The Kier molecular flexibility index (Phi) is 3.45. The first-order valence-corrected chi connectivity index (χ1v) is 7.05. The Labute approximate surface area is 111 Å². The molecule has 0 fully saturated rings. The van der Waals surface area contributed by atoms with Crippen molar-refractivity contribution in [3.8, 4) is 0 Å². The molecule has 2 rings (SSSR count). The molecule has 0 unspecified atom stereocenters. The molecule has 0 saturated heterocycles. The minimum absolute atomic E-state index is 0.00363. The zero-order chi connectivity index (χ0) is 14.0. The second-order valence-corrected chi connectivity index (χ2v) is 5.66. The molecule has 19 heavy (non-hydrogen) atoms. The molecule has 0 aliphatic carbocycles. The standard InChI is InChI=1S/C11H15N5O2S/c1-16-8(4-5-15-16)7-14-11-3-2-9(6-10(11)12)19(13,17)18/h2-6,14H,7,12H2,1H3,(H2,13,17,18). The summed E-state index contributed by atoms with van der Waals surface area (Å²) < 4.78 is 24.1. The van der Waals surface area contributed by atoms with Gasteiger partial charge in [-0.2, -0.15) is 5.10 Å². The second-order valence-electron chi connectivity index (χ2n) is 4.09. The molecule has 7 nitrogen and oxygen atoms in total. The Balaban J connectivity index is 2.16. The van der Waals surface area contributed by atoms with Crippen molar-refractivity contribution < 1.29 is 8.42 Å². The van der Waals surface area contributed by atoms with E-state index in [0.29, 0.717) is 17.9 Å². The van der Waals surface area contributed by atoms with E-state index in [1.807, 2.05) is 13.1 Å². The van der Waals surface area contributed by atoms with E-state index in [2.05, 4.69) is 10.4 Å². The lowest BCUT2D eigenvalue weighted by Crippen LogP contribution is -2.13. The predicted molar refractivity (Wildman–Crippen MR) is 72.8 cm³/mol. The fraction of sp³-hybridized carbons (Fsp3) is 0.182. The van der Waals surface area contributed by atoms with Crippen molar-refractivity contribution in [1.29, 1.82) is 0 Å². The molecule has 0 saturated carbocycles. The summed E-state index contributed by atoms with van der Waals surface area (Å²) in [5.74, 6) is 0. The van der Waals surface area contributed by atoms with Gasteiger partial charge < -0.3 is 11.1 Å². The second kappa shape index (κ2) is 4.90. The van der Waals surface area contributed by atoms with E-state index < -0.39 is 10.0 Å². The number of hydrogen-bond acceptors (Lipinski definition) is 5. The van der Waals surface area contributed by atoms with Crippen LogP contribution < -0.4 is 16.2 Å². The summed E-state index contributed by atoms with van der Waals surface area (Å²) in [6, 6.07) is 6.21. The Hall–Kier alpha value is -2.06. The average Bonchev–Trinajstić information content (AvgIpc) is 2.72. The maximum Gasteiger partial charge on any atom is 0.238 e. The smallest absolute Gasteiger partial charge is 0.238 e. The van der Waals surface area contributed by atoms with Gasteiger partial charge in [-0.1, -0.05) is 0 Å². The zero-order valence-corrected chi connectivity index (χ0v) is 11.2. The summed E-state index contributed by atoms with van der Waals surface area (Å²) in [5.41, 5.74) is 7.75. The number of hydrogen-bond donors (Lipinski definition) is 3. The number of nitrogens with zero attached hydrogens (tertiary/aromatic N) is 2. The summed E-state index contributed by atoms with van der Waals surface area (Å²) in [4.78, 5) is -0.00363. The SMILES string of the molecule is Cn1nccc1CNc1ccc(S(N)(=O)=O)cc1N. The first kappa shape index (κ1) is 13.4. The normalized spacial score (nSPS) is 11.5. The minimum Gasteiger partial charge on any atom is -0.397 e. The zero-order valence-electron chi connectivity index (χ0n) is 10.4. The number of aromatic nitrogens is 2. The Bertz CT molecular complexity index is 693. The highest BCUT2D eigenvalue weighted by Gasteiger charge is 2.10. The quantitative estimate of drug-likeness (QED) is 0.695. The van der Waals surface area contributed by atoms with Gasteiger partial charge in [-0.25, -0.2) is 13.6 Å². The van der Waals surface area contributed by atoms with E-state index in [-0.39, 0.29) is 4.90 Å². The van der Waals surface area contributed by atoms with Crippen LogP contribution in [-0.2, 0) is 23.6 Å². The van der Waals surface area contributed by atoms with Crippen LogP contribution >= 0.6 is 0 Å². The maximum absolute atomic E-state index is 11.2. The van der Waals surface area contributed by atoms with Crippen molar-refractivity contribution in [2.24, 2.45) is 12.2 Å². The summed E-state index contributed by atoms with van der Waals surface area (Å²) in [7, 11) is -1.89. The van der Waals surface area contributed by atoms with Crippen LogP contribution in [0.25, 0.3) is 0 Å². The molecule has 1 aromatic heterocycles. The van der Waals surface area contributed by atoms with Gasteiger partial charge in [0.1, 0.15) is 0 Å². The molecule has 102 valence electrons. The topological polar surface area (TPSA) is 116 Å². The molecule has 0 atom stereocenters. The molecule has 0 radical (unpaired) electrons. The van der Waals surface area contributed by atoms with Gasteiger partial charge in [0.2, 0.25) is 10.0 Å². The molecule has 0 aliphatic rings. The van der Waals surface area contributed by atoms with Crippen LogP contribution in [-0.4, -0.2) is 18.2 Å². The molecule has 8 heteroatoms. The first-order chi connectivity index (χ1) is 8.88. The summed E-state index contributed by atoms with van der Waals surface area (Å²) in [6.07, 6.45) is 1.70. The molecule has 0 amide bonds. The monoisotopic (exact) mass is 281 g/mol. The van der Waals surface area contributed by atoms with Crippen molar-refractivity contribution >= 4 is 21.4 Å². The third-order valence-corrected chi connectivity index (χ3v) is 3.64. The average molecular weight is 281 g/mol. The van der Waals surface area contributed by atoms with Crippen LogP contribution in [0.3, 0.4) is 0 Å². The van der Waals surface area contributed by atoms with Gasteiger partial charge in [0.25, 0.3) is 0 Å². The van der Waals surface area contributed by atoms with Crippen LogP contribution in [0.5, 0.6) is 0 Å². The highest BCUT2D eigenvalue weighted by atomic mass is 32.2. The molecule has 0 bridgehead atoms. The molecule has 5 N–H and O–H groups in total. The summed E-state index contributed by atoms with van der Waals surface area (Å²) >= 11 is 0. The van der Waals surface area contributed by atoms with Gasteiger partial charge in [-0.15, -0.1) is 0 Å². The van der Waals surface area contributed by atoms with Crippen LogP contribution in [0.1, 0.15) is 5.69 Å². The van der Waals surface area contributed by atoms with E-state index in [9.17, 15) is 8.42 Å². The number of rotatable bonds is 4. The molecule has 0 spiro atoms. The molecular weight excluding hydrogens is 266 g/mol. The lowest BCUT2D eigenvalue weighted by molar-refractivity contribution is 0.598. The predicted octanol–water partition coefficient (Wildman–Crippen LogP) is 0.262. The van der Waals surface area contributed by atoms with Gasteiger partial charge in [-0.3, -0.25) is 4.68 Å². The molecular formula is C11H15N5O2S. The first-order valence-electron chi connectivity index (χ1n) is 5.51. The van der Waals surface area contributed by atoms with Crippen LogP contribution in [0.15, 0.2) is 35.4 Å². The number of benzene rings is 1. The summed E-state index contributed by atoms with van der Waals surface area (Å²) in [6.45, 7) is 0.537. The highest BCUT2D eigenvalue weighted by Crippen LogP contribution is 2.22. The van der Waals surface area contributed by atoms with E-state index in [1.165, 1.54) is 12.1 Å². The van der Waals surface area contributed by atoms with Crippen molar-refractivity contribution in [2.45, 2.75) is 11.4 Å². The van der Waals surface area contributed by atoms with Crippen LogP contribution in [0.4, 0.5) is 11.4 Å². The van der Waals surface area contributed by atoms with E-state index in [0.717, 1.165) is 5.69 Å². The number of primary sulfonamides is 1. The van der Waals surface area contributed by atoms with E-state index >= 15 is 0 Å². The van der Waals surface area contributed by atoms with E-state index in [1.54, 1.807) is 16.9 Å². The molecule has 0 aliphatic heterocycles. The number of aryl methyl sites for hydroxylation is 1. The summed E-state index contributed by atoms with van der Waals surface area (Å²) in [5, 5.41) is 12.2. The van der Waals surface area contributed by atoms with Gasteiger partial charge in [0.15, 0.2) is 0 Å². The van der Waals surface area contributed by atoms with Crippen molar-refractivity contribution in [3.05, 3.63) is 36.2 Å². The highest BCUT2D eigenvalue weighted by molar-refractivity contribution is 7.89. The van der Waals surface area contributed by atoms with Gasteiger partial charge in [0, 0.05) is 13.2 Å². The van der Waals surface area contributed by atoms with Crippen molar-refractivity contribution in [3.63, 3.8) is 0 Å². The minimum atomic E-state index is -3.73. The Morgan fingerprint density at radius 2 is 2.11 bits per heavy atom. The lowest BCUT2D eigenvalue weighted by Gasteiger charge is -2.10. The Morgan fingerprint density at radius 1 is 1.37 bits per heavy atom. The van der Waals surface area contributed by atoms with Crippen LogP contribution in [0, 0.1) is 0 Å². The third kappa shape index (κ3) is 3.04. The molecule has 1 heterocycles. The van der Waals surface area contributed by atoms with Gasteiger partial charge in [-0.05, 0) is 24.3 Å². The molecule has 1 aromatic carbocycles. The number of nitrogens with two attached hydrogens (primary N) is 2. The van der Waals surface area contributed by atoms with Gasteiger partial charge in [0.05, 0.1) is 28.5 Å². The number of nitrogens with one attached hydrogen (secondary N) is 1. The fourth-order valence-corrected chi connectivity index (χ4v) is 2.19. The maximum atomic E-state index is 11.2.